The molecule has 0 saturated carbocycles. The van der Waals surface area contributed by atoms with Gasteiger partial charge in [-0.1, -0.05) is 18.2 Å². The molecule has 1 aliphatic heterocycles. The summed E-state index contributed by atoms with van der Waals surface area (Å²) in [6.07, 6.45) is -3.80. The van der Waals surface area contributed by atoms with E-state index >= 15 is 0 Å². The lowest BCUT2D eigenvalue weighted by Gasteiger charge is -2.36. The fourth-order valence-electron chi connectivity index (χ4n) is 2.65. The summed E-state index contributed by atoms with van der Waals surface area (Å²) in [5, 5.41) is 9.79. The van der Waals surface area contributed by atoms with Crippen LogP contribution in [0.3, 0.4) is 0 Å². The summed E-state index contributed by atoms with van der Waals surface area (Å²) in [6, 6.07) is 6.93. The Labute approximate surface area is 110 Å². The first kappa shape index (κ1) is 14.2. The van der Waals surface area contributed by atoms with Gasteiger partial charge in [-0.05, 0) is 38.9 Å². The van der Waals surface area contributed by atoms with Gasteiger partial charge in [-0.15, -0.1) is 0 Å². The highest BCUT2D eigenvalue weighted by molar-refractivity contribution is 5.34. The molecule has 0 radical (unpaired) electrons. The number of nitrogens with zero attached hydrogens (tertiary/aromatic N) is 1. The Hall–Kier alpha value is -1.23. The molecule has 1 aromatic rings. The van der Waals surface area contributed by atoms with Crippen molar-refractivity contribution in [2.75, 3.05) is 13.1 Å². The highest BCUT2D eigenvalue weighted by Gasteiger charge is 2.41. The zero-order valence-electron chi connectivity index (χ0n) is 10.8. The van der Waals surface area contributed by atoms with Gasteiger partial charge in [0.1, 0.15) is 5.75 Å². The number of likely N-dealkylation sites (tertiary alicyclic amines) is 1. The summed E-state index contributed by atoms with van der Waals surface area (Å²) in [5.41, 5.74) is 0.771. The molecule has 1 N–H and O–H groups in total. The van der Waals surface area contributed by atoms with Gasteiger partial charge in [0.05, 0.1) is 5.92 Å². The largest absolute Gasteiger partial charge is 0.508 e. The summed E-state index contributed by atoms with van der Waals surface area (Å²) in [5.74, 6) is -0.978. The second-order valence-corrected chi connectivity index (χ2v) is 5.09. The Morgan fingerprint density at radius 3 is 2.32 bits per heavy atom. The van der Waals surface area contributed by atoms with Crippen LogP contribution in [-0.2, 0) is 0 Å². The lowest BCUT2D eigenvalue weighted by atomic mass is 9.94. The Bertz CT molecular complexity index is 425. The quantitative estimate of drug-likeness (QED) is 0.887. The van der Waals surface area contributed by atoms with Crippen LogP contribution in [0.2, 0.25) is 0 Å². The number of alkyl halides is 3. The predicted molar refractivity (Wildman–Crippen MR) is 66.9 cm³/mol. The van der Waals surface area contributed by atoms with E-state index in [1.54, 1.807) is 12.1 Å². The highest BCUT2D eigenvalue weighted by Crippen LogP contribution is 2.37. The highest BCUT2D eigenvalue weighted by atomic mass is 19.4. The molecule has 1 aromatic carbocycles. The molecule has 0 amide bonds. The van der Waals surface area contributed by atoms with Gasteiger partial charge >= 0.3 is 6.18 Å². The minimum absolute atomic E-state index is 0.0598. The number of para-hydroxylation sites is 1. The Kier molecular flexibility index (Phi) is 4.04. The van der Waals surface area contributed by atoms with Crippen LogP contribution in [-0.4, -0.2) is 29.3 Å². The van der Waals surface area contributed by atoms with Crippen molar-refractivity contribution < 1.29 is 18.3 Å². The molecule has 5 heteroatoms. The van der Waals surface area contributed by atoms with E-state index in [1.807, 2.05) is 24.0 Å². The predicted octanol–water partition coefficient (Wildman–Crippen LogP) is 3.73. The minimum Gasteiger partial charge on any atom is -0.508 e. The zero-order valence-corrected chi connectivity index (χ0v) is 10.8. The second kappa shape index (κ2) is 5.41. The SMILES string of the molecule is CC(c1ccccc1O)N1CCC(C(F)(F)F)CC1. The minimum atomic E-state index is -4.08. The van der Waals surface area contributed by atoms with Crippen LogP contribution in [0, 0.1) is 5.92 Å². The standard InChI is InChI=1S/C14H18F3NO/c1-10(12-4-2-3-5-13(12)19)18-8-6-11(7-9-18)14(15,16)17/h2-5,10-11,19H,6-9H2,1H3. The van der Waals surface area contributed by atoms with E-state index in [9.17, 15) is 18.3 Å². The van der Waals surface area contributed by atoms with Gasteiger partial charge in [0.15, 0.2) is 0 Å². The van der Waals surface area contributed by atoms with Gasteiger partial charge in [-0.25, -0.2) is 0 Å². The third-order valence-corrected chi connectivity index (χ3v) is 3.93. The molecule has 106 valence electrons. The molecule has 1 fully saturated rings. The third-order valence-electron chi connectivity index (χ3n) is 3.93. The van der Waals surface area contributed by atoms with E-state index in [2.05, 4.69) is 0 Å². The first-order valence-corrected chi connectivity index (χ1v) is 6.48. The molecule has 0 aliphatic carbocycles. The molecule has 0 spiro atoms. The van der Waals surface area contributed by atoms with Gasteiger partial charge < -0.3 is 5.11 Å². The number of halogens is 3. The summed E-state index contributed by atoms with van der Waals surface area (Å²) < 4.78 is 37.8. The average Bonchev–Trinajstić information content (AvgIpc) is 2.38. The Morgan fingerprint density at radius 1 is 1.21 bits per heavy atom. The molecule has 0 aromatic heterocycles. The maximum atomic E-state index is 12.6. The molecule has 1 unspecified atom stereocenters. The number of hydrogen-bond donors (Lipinski definition) is 1. The molecular formula is C14H18F3NO. The number of phenolic OH excluding ortho intramolecular Hbond substituents is 1. The summed E-state index contributed by atoms with van der Waals surface area (Å²) >= 11 is 0. The number of rotatable bonds is 2. The van der Waals surface area contributed by atoms with Crippen LogP contribution in [0.25, 0.3) is 0 Å². The van der Waals surface area contributed by atoms with Crippen molar-refractivity contribution in [1.29, 1.82) is 0 Å². The molecule has 19 heavy (non-hydrogen) atoms. The lowest BCUT2D eigenvalue weighted by molar-refractivity contribution is -0.186. The van der Waals surface area contributed by atoms with Crippen LogP contribution in [0.5, 0.6) is 5.75 Å². The van der Waals surface area contributed by atoms with Gasteiger partial charge in [-0.2, -0.15) is 13.2 Å². The third kappa shape index (κ3) is 3.21. The maximum absolute atomic E-state index is 12.6. The summed E-state index contributed by atoms with van der Waals surface area (Å²) in [7, 11) is 0. The van der Waals surface area contributed by atoms with E-state index < -0.39 is 12.1 Å². The molecule has 1 atom stereocenters. The molecular weight excluding hydrogens is 255 g/mol. The fourth-order valence-corrected chi connectivity index (χ4v) is 2.65. The van der Waals surface area contributed by atoms with E-state index in [-0.39, 0.29) is 24.6 Å². The zero-order chi connectivity index (χ0) is 14.0. The van der Waals surface area contributed by atoms with Crippen molar-refractivity contribution in [3.8, 4) is 5.75 Å². The topological polar surface area (TPSA) is 23.5 Å². The maximum Gasteiger partial charge on any atom is 0.391 e. The van der Waals surface area contributed by atoms with Crippen molar-refractivity contribution in [2.24, 2.45) is 5.92 Å². The molecule has 0 bridgehead atoms. The van der Waals surface area contributed by atoms with Gasteiger partial charge in [0.2, 0.25) is 0 Å². The second-order valence-electron chi connectivity index (χ2n) is 5.09. The van der Waals surface area contributed by atoms with E-state index in [4.69, 9.17) is 0 Å². The summed E-state index contributed by atoms with van der Waals surface area (Å²) in [6.45, 7) is 2.75. The molecule has 2 rings (SSSR count). The number of aromatic hydroxyl groups is 1. The first-order valence-electron chi connectivity index (χ1n) is 6.48. The number of hydrogen-bond acceptors (Lipinski definition) is 2. The van der Waals surface area contributed by atoms with Crippen molar-refractivity contribution in [2.45, 2.75) is 32.0 Å². The number of phenols is 1. The van der Waals surface area contributed by atoms with Crippen LogP contribution in [0.15, 0.2) is 24.3 Å². The molecule has 1 heterocycles. The lowest BCUT2D eigenvalue weighted by Crippen LogP contribution is -2.40. The van der Waals surface area contributed by atoms with Crippen molar-refractivity contribution in [3.05, 3.63) is 29.8 Å². The summed E-state index contributed by atoms with van der Waals surface area (Å²) in [4.78, 5) is 2.00. The van der Waals surface area contributed by atoms with Crippen molar-refractivity contribution in [3.63, 3.8) is 0 Å². The molecule has 2 nitrogen and oxygen atoms in total. The van der Waals surface area contributed by atoms with E-state index in [0.29, 0.717) is 13.1 Å². The monoisotopic (exact) mass is 273 g/mol. The van der Waals surface area contributed by atoms with Gasteiger partial charge in [0.25, 0.3) is 0 Å². The number of piperidine rings is 1. The molecule has 1 aliphatic rings. The molecule has 1 saturated heterocycles. The average molecular weight is 273 g/mol. The van der Waals surface area contributed by atoms with Crippen LogP contribution in [0.4, 0.5) is 13.2 Å². The van der Waals surface area contributed by atoms with E-state index in [1.165, 1.54) is 0 Å². The van der Waals surface area contributed by atoms with E-state index in [0.717, 1.165) is 5.56 Å². The van der Waals surface area contributed by atoms with Gasteiger partial charge in [0, 0.05) is 11.6 Å². The van der Waals surface area contributed by atoms with Crippen molar-refractivity contribution in [1.82, 2.24) is 4.90 Å². The smallest absolute Gasteiger partial charge is 0.391 e. The number of benzene rings is 1. The fraction of sp³-hybridized carbons (Fsp3) is 0.571. The first-order chi connectivity index (χ1) is 8.89. The van der Waals surface area contributed by atoms with Gasteiger partial charge in [-0.3, -0.25) is 4.90 Å². The normalized spacial score (nSPS) is 20.4. The van der Waals surface area contributed by atoms with Crippen molar-refractivity contribution >= 4 is 0 Å². The van der Waals surface area contributed by atoms with Crippen LogP contribution in [0.1, 0.15) is 31.4 Å². The Balaban J connectivity index is 2.00. The Morgan fingerprint density at radius 2 is 1.79 bits per heavy atom. The van der Waals surface area contributed by atoms with Crippen LogP contribution >= 0.6 is 0 Å². The van der Waals surface area contributed by atoms with Crippen LogP contribution < -0.4 is 0 Å².